The summed E-state index contributed by atoms with van der Waals surface area (Å²) >= 11 is 0. The fourth-order valence-corrected chi connectivity index (χ4v) is 3.00. The summed E-state index contributed by atoms with van der Waals surface area (Å²) in [4.78, 5) is 24.2. The second-order valence-corrected chi connectivity index (χ2v) is 7.80. The third kappa shape index (κ3) is 4.25. The van der Waals surface area contributed by atoms with Gasteiger partial charge in [0.15, 0.2) is 16.7 Å². The molecule has 0 saturated heterocycles. The van der Waals surface area contributed by atoms with Crippen molar-refractivity contribution in [2.75, 3.05) is 11.6 Å². The Kier molecular flexibility index (Phi) is 5.13. The average molecular weight is 388 g/mol. The second-order valence-electron chi connectivity index (χ2n) is 5.79. The molecule has 2 N–H and O–H groups in total. The molecule has 1 amide bonds. The molecule has 140 valence electrons. The summed E-state index contributed by atoms with van der Waals surface area (Å²) in [6.45, 7) is 1.53. The van der Waals surface area contributed by atoms with Gasteiger partial charge in [0.25, 0.3) is 5.91 Å². The zero-order chi connectivity index (χ0) is 19.6. The SMILES string of the molecule is Cc1oc(C(O)c2cncnc2)nc1C(=O)Nc1cccc([S+](C)(=O)[O-])c1. The predicted octanol–water partition coefficient (Wildman–Crippen LogP) is 1.73. The minimum atomic E-state index is -3.40. The van der Waals surface area contributed by atoms with Gasteiger partial charge in [0.05, 0.1) is 10.2 Å². The summed E-state index contributed by atoms with van der Waals surface area (Å²) in [6, 6.07) is 5.85. The van der Waals surface area contributed by atoms with Gasteiger partial charge in [0.2, 0.25) is 5.89 Å². The van der Waals surface area contributed by atoms with Crippen LogP contribution in [0, 0.1) is 6.92 Å². The van der Waals surface area contributed by atoms with E-state index in [-0.39, 0.29) is 22.2 Å². The third-order valence-electron chi connectivity index (χ3n) is 3.68. The highest BCUT2D eigenvalue weighted by molar-refractivity contribution is 7.97. The number of nitrogens with one attached hydrogen (secondary N) is 1. The Labute approximate surface area is 155 Å². The number of hydrogen-bond acceptors (Lipinski definition) is 8. The molecule has 2 unspecified atom stereocenters. The van der Waals surface area contributed by atoms with Gasteiger partial charge < -0.3 is 19.4 Å². The van der Waals surface area contributed by atoms with Crippen molar-refractivity contribution < 1.29 is 23.1 Å². The van der Waals surface area contributed by atoms with E-state index in [1.165, 1.54) is 43.8 Å². The summed E-state index contributed by atoms with van der Waals surface area (Å²) < 4.78 is 28.7. The van der Waals surface area contributed by atoms with E-state index in [0.717, 1.165) is 6.26 Å². The molecule has 0 spiro atoms. The highest BCUT2D eigenvalue weighted by atomic mass is 32.3. The summed E-state index contributed by atoms with van der Waals surface area (Å²) in [7, 11) is -3.40. The molecule has 2 heterocycles. The Morgan fingerprint density at radius 2 is 2.04 bits per heavy atom. The smallest absolute Gasteiger partial charge is 0.277 e. The largest absolute Gasteiger partial charge is 0.610 e. The molecule has 0 fully saturated rings. The van der Waals surface area contributed by atoms with E-state index in [2.05, 4.69) is 20.3 Å². The first-order valence-corrected chi connectivity index (χ1v) is 9.66. The van der Waals surface area contributed by atoms with Crippen LogP contribution in [-0.4, -0.2) is 36.8 Å². The molecular weight excluding hydrogens is 372 g/mol. The van der Waals surface area contributed by atoms with Crippen LogP contribution in [-0.2, 0) is 14.4 Å². The van der Waals surface area contributed by atoms with Crippen LogP contribution >= 0.6 is 0 Å². The number of aliphatic hydroxyl groups excluding tert-OH is 1. The minimum absolute atomic E-state index is 0.0225. The molecule has 0 aliphatic carbocycles. The first-order chi connectivity index (χ1) is 12.8. The van der Waals surface area contributed by atoms with Gasteiger partial charge in [-0.15, -0.1) is 4.21 Å². The number of aromatic nitrogens is 3. The van der Waals surface area contributed by atoms with Gasteiger partial charge in [0, 0.05) is 29.7 Å². The zero-order valence-corrected chi connectivity index (χ0v) is 15.3. The normalized spacial score (nSPS) is 14.4. The number of carbonyl (C=O) groups is 1. The quantitative estimate of drug-likeness (QED) is 0.629. The van der Waals surface area contributed by atoms with Gasteiger partial charge in [-0.25, -0.2) is 15.0 Å². The molecular formula is C17H16N4O5S. The molecule has 2 aromatic heterocycles. The van der Waals surface area contributed by atoms with Crippen LogP contribution in [0.5, 0.6) is 0 Å². The molecule has 3 rings (SSSR count). The fraction of sp³-hybridized carbons (Fsp3) is 0.176. The van der Waals surface area contributed by atoms with E-state index >= 15 is 0 Å². The molecule has 10 heteroatoms. The van der Waals surface area contributed by atoms with Crippen molar-refractivity contribution in [1.29, 1.82) is 0 Å². The summed E-state index contributed by atoms with van der Waals surface area (Å²) in [5.41, 5.74) is 0.640. The Balaban J connectivity index is 1.82. The van der Waals surface area contributed by atoms with Crippen LogP contribution in [0.25, 0.3) is 0 Å². The topological polar surface area (TPSA) is 141 Å². The number of benzene rings is 1. The van der Waals surface area contributed by atoms with Crippen molar-refractivity contribution in [2.45, 2.75) is 17.9 Å². The highest BCUT2D eigenvalue weighted by Crippen LogP contribution is 2.24. The maximum absolute atomic E-state index is 12.5. The van der Waals surface area contributed by atoms with Crippen molar-refractivity contribution in [2.24, 2.45) is 0 Å². The number of carbonyl (C=O) groups excluding carboxylic acids is 1. The number of anilines is 1. The van der Waals surface area contributed by atoms with E-state index in [0.29, 0.717) is 11.3 Å². The number of hydrogen-bond donors (Lipinski definition) is 2. The number of aliphatic hydroxyl groups is 1. The standard InChI is InChI=1S/C17H16N4O5S/c1-10-14(21-17(26-10)15(22)11-7-18-9-19-8-11)16(23)20-12-4-3-5-13(6-12)27(2,24)25/h3-9,15,22H,1-2H3,(H-,20,23,24,25). The maximum atomic E-state index is 12.5. The van der Waals surface area contributed by atoms with Gasteiger partial charge in [-0.2, -0.15) is 0 Å². The fourth-order valence-electron chi connectivity index (χ4n) is 2.33. The third-order valence-corrected chi connectivity index (χ3v) is 4.79. The van der Waals surface area contributed by atoms with Crippen LogP contribution in [0.15, 0.2) is 52.3 Å². The minimum Gasteiger partial charge on any atom is -0.610 e. The Hall–Kier alpha value is -2.95. The highest BCUT2D eigenvalue weighted by Gasteiger charge is 2.23. The monoisotopic (exact) mass is 388 g/mol. The van der Waals surface area contributed by atoms with Gasteiger partial charge in [-0.1, -0.05) is 6.07 Å². The lowest BCUT2D eigenvalue weighted by Crippen LogP contribution is -2.15. The summed E-state index contributed by atoms with van der Waals surface area (Å²) in [5, 5.41) is 12.9. The molecule has 9 nitrogen and oxygen atoms in total. The number of oxazole rings is 1. The van der Waals surface area contributed by atoms with E-state index in [9.17, 15) is 18.7 Å². The molecule has 0 aliphatic rings. The van der Waals surface area contributed by atoms with Crippen molar-refractivity contribution in [3.05, 3.63) is 65.9 Å². The molecule has 0 radical (unpaired) electrons. The zero-order valence-electron chi connectivity index (χ0n) is 14.4. The number of aryl methyl sites for hydroxylation is 1. The van der Waals surface area contributed by atoms with Gasteiger partial charge in [-0.3, -0.25) is 4.79 Å². The van der Waals surface area contributed by atoms with E-state index in [1.54, 1.807) is 6.07 Å². The maximum Gasteiger partial charge on any atom is 0.277 e. The van der Waals surface area contributed by atoms with Crippen LogP contribution in [0.4, 0.5) is 5.69 Å². The average Bonchev–Trinajstić information content (AvgIpc) is 3.03. The van der Waals surface area contributed by atoms with Crippen molar-refractivity contribution in [3.63, 3.8) is 0 Å². The lowest BCUT2D eigenvalue weighted by Gasteiger charge is -2.10. The molecule has 0 aliphatic heterocycles. The molecule has 0 bridgehead atoms. The first kappa shape index (κ1) is 18.8. The summed E-state index contributed by atoms with van der Waals surface area (Å²) in [6.07, 6.45) is 4.00. The van der Waals surface area contributed by atoms with Crippen LogP contribution in [0.1, 0.15) is 33.8 Å². The van der Waals surface area contributed by atoms with E-state index in [4.69, 9.17) is 4.42 Å². The molecule has 1 aromatic carbocycles. The lowest BCUT2D eigenvalue weighted by molar-refractivity contribution is 0.102. The number of amides is 1. The molecule has 27 heavy (non-hydrogen) atoms. The van der Waals surface area contributed by atoms with E-state index in [1.807, 2.05) is 0 Å². The first-order valence-electron chi connectivity index (χ1n) is 7.77. The predicted molar refractivity (Wildman–Crippen MR) is 94.7 cm³/mol. The molecule has 2 atom stereocenters. The lowest BCUT2D eigenvalue weighted by atomic mass is 10.2. The van der Waals surface area contributed by atoms with Crippen LogP contribution in [0.3, 0.4) is 0 Å². The Morgan fingerprint density at radius 1 is 1.33 bits per heavy atom. The number of rotatable bonds is 5. The van der Waals surface area contributed by atoms with Gasteiger partial charge in [0.1, 0.15) is 18.3 Å². The number of nitrogens with zero attached hydrogens (tertiary/aromatic N) is 3. The van der Waals surface area contributed by atoms with Crippen molar-refractivity contribution in [1.82, 2.24) is 15.0 Å². The number of sulfone groups is 1. The Morgan fingerprint density at radius 3 is 2.70 bits per heavy atom. The van der Waals surface area contributed by atoms with Crippen LogP contribution < -0.4 is 5.32 Å². The Bertz CT molecular complexity index is 1020. The van der Waals surface area contributed by atoms with Gasteiger partial charge >= 0.3 is 0 Å². The summed E-state index contributed by atoms with van der Waals surface area (Å²) in [5.74, 6) is -0.459. The van der Waals surface area contributed by atoms with E-state index < -0.39 is 22.2 Å². The second kappa shape index (κ2) is 7.35. The molecule has 3 aromatic rings. The van der Waals surface area contributed by atoms with Crippen molar-refractivity contribution >= 4 is 21.8 Å². The van der Waals surface area contributed by atoms with Crippen molar-refractivity contribution in [3.8, 4) is 0 Å². The molecule has 0 saturated carbocycles. The van der Waals surface area contributed by atoms with Gasteiger partial charge in [-0.05, 0) is 19.1 Å². The van der Waals surface area contributed by atoms with Crippen LogP contribution in [0.2, 0.25) is 0 Å².